The standard InChI is InChI=1S/C36H41F2N5O3/c1-2-26-30(37)9-4-22-16-25(44)17-29(31(22)26)27-7-8-28-33(32(27)38)40-35(41-34(28)43-18-23-5-6-24(19-43)39-23)46-21-36(10-11-36)20-42-12-3-14-45-15-13-42/h4,7-9,16-17,23-24,39,44H,2-3,5-6,10-15,18-21H2,1H3. The van der Waals surface area contributed by atoms with Crippen molar-refractivity contribution < 1.29 is 23.4 Å². The van der Waals surface area contributed by atoms with Crippen molar-refractivity contribution in [1.29, 1.82) is 0 Å². The Bertz CT molecular complexity index is 1780. The predicted molar refractivity (Wildman–Crippen MR) is 175 cm³/mol. The van der Waals surface area contributed by atoms with Gasteiger partial charge in [0.25, 0.3) is 0 Å². The Morgan fingerprint density at radius 3 is 2.63 bits per heavy atom. The number of nitrogens with zero attached hydrogens (tertiary/aromatic N) is 4. The molecule has 1 saturated carbocycles. The molecule has 1 aliphatic carbocycles. The lowest BCUT2D eigenvalue weighted by Gasteiger charge is -2.34. The first-order chi connectivity index (χ1) is 22.4. The van der Waals surface area contributed by atoms with Crippen molar-refractivity contribution in [2.45, 2.75) is 57.5 Å². The van der Waals surface area contributed by atoms with E-state index in [4.69, 9.17) is 19.4 Å². The van der Waals surface area contributed by atoms with Crippen molar-refractivity contribution in [1.82, 2.24) is 20.2 Å². The maximum atomic E-state index is 16.9. The number of phenols is 1. The Morgan fingerprint density at radius 1 is 1.02 bits per heavy atom. The van der Waals surface area contributed by atoms with Gasteiger partial charge in [0.2, 0.25) is 0 Å². The highest BCUT2D eigenvalue weighted by atomic mass is 19.1. The Kier molecular flexibility index (Phi) is 7.69. The highest BCUT2D eigenvalue weighted by Gasteiger charge is 2.45. The third-order valence-electron chi connectivity index (χ3n) is 10.4. The molecule has 2 bridgehead atoms. The molecule has 10 heteroatoms. The molecule has 4 aromatic rings. The summed E-state index contributed by atoms with van der Waals surface area (Å²) in [4.78, 5) is 14.3. The van der Waals surface area contributed by atoms with Crippen molar-refractivity contribution in [2.24, 2.45) is 5.41 Å². The highest BCUT2D eigenvalue weighted by Crippen LogP contribution is 2.47. The van der Waals surface area contributed by atoms with Gasteiger partial charge in [-0.25, -0.2) is 8.78 Å². The number of rotatable bonds is 8. The fraction of sp³-hybridized carbons (Fsp3) is 0.500. The number of aromatic nitrogens is 2. The van der Waals surface area contributed by atoms with E-state index in [2.05, 4.69) is 15.1 Å². The van der Waals surface area contributed by atoms with Crippen LogP contribution < -0.4 is 15.0 Å². The fourth-order valence-corrected chi connectivity index (χ4v) is 7.84. The molecular formula is C36H41F2N5O3. The van der Waals surface area contributed by atoms with Crippen LogP contribution in [0, 0.1) is 17.0 Å². The molecule has 0 amide bonds. The van der Waals surface area contributed by atoms with E-state index < -0.39 is 5.82 Å². The van der Waals surface area contributed by atoms with Gasteiger partial charge < -0.3 is 29.7 Å². The number of halogens is 2. The van der Waals surface area contributed by atoms with Crippen LogP contribution in [0.1, 0.15) is 44.6 Å². The number of piperazine rings is 1. The molecule has 0 spiro atoms. The number of nitrogens with one attached hydrogen (secondary N) is 1. The normalized spacial score (nSPS) is 22.8. The van der Waals surface area contributed by atoms with E-state index in [1.54, 1.807) is 18.2 Å². The van der Waals surface area contributed by atoms with Gasteiger partial charge in [-0.15, -0.1) is 0 Å². The van der Waals surface area contributed by atoms with Crippen molar-refractivity contribution in [3.63, 3.8) is 0 Å². The molecular weight excluding hydrogens is 588 g/mol. The molecule has 8 nitrogen and oxygen atoms in total. The summed E-state index contributed by atoms with van der Waals surface area (Å²) in [7, 11) is 0. The topological polar surface area (TPSA) is 83.0 Å². The van der Waals surface area contributed by atoms with Gasteiger partial charge >= 0.3 is 6.01 Å². The number of ether oxygens (including phenoxy) is 2. The molecule has 2 atom stereocenters. The Balaban J connectivity index is 1.20. The van der Waals surface area contributed by atoms with Crippen molar-refractivity contribution in [3.05, 3.63) is 53.6 Å². The third-order valence-corrected chi connectivity index (χ3v) is 10.4. The number of benzene rings is 3. The van der Waals surface area contributed by atoms with Crippen molar-refractivity contribution in [2.75, 3.05) is 57.4 Å². The van der Waals surface area contributed by atoms with E-state index in [-0.39, 0.29) is 34.1 Å². The minimum Gasteiger partial charge on any atom is -0.508 e. The number of fused-ring (bicyclic) bond motifs is 4. The van der Waals surface area contributed by atoms with Gasteiger partial charge in [-0.3, -0.25) is 0 Å². The average Bonchev–Trinajstić information content (AvgIpc) is 3.80. The molecule has 3 aliphatic heterocycles. The molecule has 4 aliphatic rings. The molecule has 4 heterocycles. The minimum absolute atomic E-state index is 0.00921. The van der Waals surface area contributed by atoms with Crippen LogP contribution in [0.4, 0.5) is 14.6 Å². The molecule has 3 aromatic carbocycles. The molecule has 3 saturated heterocycles. The van der Waals surface area contributed by atoms with E-state index in [9.17, 15) is 9.50 Å². The third kappa shape index (κ3) is 5.54. The maximum absolute atomic E-state index is 16.9. The van der Waals surface area contributed by atoms with Gasteiger partial charge in [-0.05, 0) is 84.7 Å². The Labute approximate surface area is 267 Å². The second-order valence-electron chi connectivity index (χ2n) is 13.7. The lowest BCUT2D eigenvalue weighted by molar-refractivity contribution is 0.127. The predicted octanol–water partition coefficient (Wildman–Crippen LogP) is 5.82. The van der Waals surface area contributed by atoms with Crippen molar-refractivity contribution in [3.8, 4) is 22.9 Å². The summed E-state index contributed by atoms with van der Waals surface area (Å²) in [5.41, 5.74) is 1.39. The van der Waals surface area contributed by atoms with Gasteiger partial charge in [-0.1, -0.05) is 19.1 Å². The molecule has 2 N–H and O–H groups in total. The van der Waals surface area contributed by atoms with Crippen LogP contribution in [0.5, 0.6) is 11.8 Å². The lowest BCUT2D eigenvalue weighted by atomic mass is 9.92. The monoisotopic (exact) mass is 629 g/mol. The van der Waals surface area contributed by atoms with Crippen LogP contribution in [-0.2, 0) is 11.2 Å². The van der Waals surface area contributed by atoms with E-state index in [1.807, 2.05) is 13.0 Å². The van der Waals surface area contributed by atoms with E-state index >= 15 is 4.39 Å². The first-order valence-electron chi connectivity index (χ1n) is 16.8. The minimum atomic E-state index is -0.534. The number of aromatic hydroxyl groups is 1. The maximum Gasteiger partial charge on any atom is 0.319 e. The first kappa shape index (κ1) is 29.8. The van der Waals surface area contributed by atoms with Crippen LogP contribution in [-0.4, -0.2) is 84.6 Å². The molecule has 2 unspecified atom stereocenters. The van der Waals surface area contributed by atoms with E-state index in [0.717, 1.165) is 78.0 Å². The van der Waals surface area contributed by atoms with Gasteiger partial charge in [0.15, 0.2) is 5.82 Å². The van der Waals surface area contributed by atoms with Crippen LogP contribution >= 0.6 is 0 Å². The fourth-order valence-electron chi connectivity index (χ4n) is 7.84. The van der Waals surface area contributed by atoms with Gasteiger partial charge in [-0.2, -0.15) is 9.97 Å². The summed E-state index contributed by atoms with van der Waals surface area (Å²) in [5.74, 6) is -0.212. The largest absolute Gasteiger partial charge is 0.508 e. The number of anilines is 1. The zero-order chi connectivity index (χ0) is 31.4. The second-order valence-corrected chi connectivity index (χ2v) is 13.7. The van der Waals surface area contributed by atoms with Crippen molar-refractivity contribution >= 4 is 27.5 Å². The second kappa shape index (κ2) is 11.9. The van der Waals surface area contributed by atoms with Crippen LogP contribution in [0.25, 0.3) is 32.8 Å². The first-order valence-corrected chi connectivity index (χ1v) is 16.8. The number of aryl methyl sites for hydroxylation is 1. The Morgan fingerprint density at radius 2 is 1.85 bits per heavy atom. The molecule has 0 radical (unpaired) electrons. The number of phenolic OH excluding ortho intramolecular Hbond substituents is 1. The highest BCUT2D eigenvalue weighted by molar-refractivity contribution is 6.03. The molecule has 4 fully saturated rings. The number of hydrogen-bond donors (Lipinski definition) is 2. The summed E-state index contributed by atoms with van der Waals surface area (Å²) < 4.78 is 43.9. The average molecular weight is 630 g/mol. The SMILES string of the molecule is CCc1c(F)ccc2cc(O)cc(-c3ccc4c(N5CC6CCC(C5)N6)nc(OCC5(CN6CCCOCC6)CC5)nc4c3F)c12. The van der Waals surface area contributed by atoms with Crippen LogP contribution in [0.3, 0.4) is 0 Å². The summed E-state index contributed by atoms with van der Waals surface area (Å²) in [6, 6.07) is 10.6. The molecule has 8 rings (SSSR count). The zero-order valence-electron chi connectivity index (χ0n) is 26.3. The van der Waals surface area contributed by atoms with Gasteiger partial charge in [0, 0.05) is 67.8 Å². The summed E-state index contributed by atoms with van der Waals surface area (Å²) in [6.45, 7) is 8.35. The zero-order valence-corrected chi connectivity index (χ0v) is 26.3. The summed E-state index contributed by atoms with van der Waals surface area (Å²) in [5, 5.41) is 16.2. The van der Waals surface area contributed by atoms with Gasteiger partial charge in [0.1, 0.15) is 22.9 Å². The van der Waals surface area contributed by atoms with Crippen LogP contribution in [0.2, 0.25) is 0 Å². The van der Waals surface area contributed by atoms with E-state index in [1.165, 1.54) is 12.1 Å². The van der Waals surface area contributed by atoms with Crippen LogP contribution in [0.15, 0.2) is 36.4 Å². The molecule has 242 valence electrons. The lowest BCUT2D eigenvalue weighted by Crippen LogP contribution is -2.51. The summed E-state index contributed by atoms with van der Waals surface area (Å²) >= 11 is 0. The van der Waals surface area contributed by atoms with E-state index in [0.29, 0.717) is 58.2 Å². The smallest absolute Gasteiger partial charge is 0.319 e. The molecule has 1 aromatic heterocycles. The summed E-state index contributed by atoms with van der Waals surface area (Å²) in [6.07, 6.45) is 5.83. The Hall–Kier alpha value is -3.60. The number of hydrogen-bond acceptors (Lipinski definition) is 8. The quantitative estimate of drug-likeness (QED) is 0.253. The molecule has 46 heavy (non-hydrogen) atoms. The van der Waals surface area contributed by atoms with Gasteiger partial charge in [0.05, 0.1) is 13.2 Å².